The molecular formula is C11H15NO3S2. The molecule has 1 aromatic rings. The normalized spacial score (nSPS) is 22.5. The molecule has 2 rings (SSSR count). The third kappa shape index (κ3) is 3.81. The fourth-order valence-electron chi connectivity index (χ4n) is 1.97. The highest BCUT2D eigenvalue weighted by Gasteiger charge is 2.29. The maximum absolute atomic E-state index is 11.6. The number of hydrogen-bond donors (Lipinski definition) is 1. The molecule has 0 saturated carbocycles. The van der Waals surface area contributed by atoms with Crippen molar-refractivity contribution < 1.29 is 13.2 Å². The summed E-state index contributed by atoms with van der Waals surface area (Å²) in [5.74, 6) is 0.346. The minimum absolute atomic E-state index is 0.00309. The molecule has 1 aliphatic heterocycles. The summed E-state index contributed by atoms with van der Waals surface area (Å²) in [6, 6.07) is 3.90. The molecule has 17 heavy (non-hydrogen) atoms. The molecule has 4 nitrogen and oxygen atoms in total. The number of amides is 1. The monoisotopic (exact) mass is 273 g/mol. The van der Waals surface area contributed by atoms with Crippen molar-refractivity contribution in [3.63, 3.8) is 0 Å². The summed E-state index contributed by atoms with van der Waals surface area (Å²) >= 11 is 1.60. The first kappa shape index (κ1) is 12.6. The lowest BCUT2D eigenvalue weighted by molar-refractivity contribution is -0.122. The quantitative estimate of drug-likeness (QED) is 0.896. The summed E-state index contributed by atoms with van der Waals surface area (Å²) in [6.07, 6.45) is 0.944. The van der Waals surface area contributed by atoms with Gasteiger partial charge in [0.05, 0.1) is 18.1 Å². The van der Waals surface area contributed by atoms with Gasteiger partial charge in [-0.2, -0.15) is 0 Å². The predicted octanol–water partition coefficient (Wildman–Crippen LogP) is 1.19. The topological polar surface area (TPSA) is 63.2 Å². The standard InChI is InChI=1S/C11H15NO3S2/c13-11(12-7-10-2-1-4-16-10)6-9-3-5-17(14,15)8-9/h1-2,4,9H,3,5-8H2,(H,12,13). The second-order valence-corrected chi connectivity index (χ2v) is 7.59. The predicted molar refractivity (Wildman–Crippen MR) is 67.5 cm³/mol. The summed E-state index contributed by atoms with van der Waals surface area (Å²) in [4.78, 5) is 12.7. The van der Waals surface area contributed by atoms with E-state index >= 15 is 0 Å². The Hall–Kier alpha value is -0.880. The lowest BCUT2D eigenvalue weighted by atomic mass is 10.1. The lowest BCUT2D eigenvalue weighted by Crippen LogP contribution is -2.25. The van der Waals surface area contributed by atoms with Crippen LogP contribution in [-0.2, 0) is 21.2 Å². The Balaban J connectivity index is 1.75. The van der Waals surface area contributed by atoms with Crippen molar-refractivity contribution in [2.24, 2.45) is 5.92 Å². The van der Waals surface area contributed by atoms with Gasteiger partial charge in [-0.05, 0) is 23.8 Å². The van der Waals surface area contributed by atoms with E-state index in [4.69, 9.17) is 0 Å². The summed E-state index contributed by atoms with van der Waals surface area (Å²) in [5, 5.41) is 4.78. The molecule has 6 heteroatoms. The SMILES string of the molecule is O=C(CC1CCS(=O)(=O)C1)NCc1cccs1. The van der Waals surface area contributed by atoms with Crippen LogP contribution < -0.4 is 5.32 Å². The average Bonchev–Trinajstić information content (AvgIpc) is 2.85. The van der Waals surface area contributed by atoms with Gasteiger partial charge in [-0.15, -0.1) is 11.3 Å². The number of carbonyl (C=O) groups is 1. The number of rotatable bonds is 4. The third-order valence-electron chi connectivity index (χ3n) is 2.84. The Morgan fingerprint density at radius 2 is 2.35 bits per heavy atom. The second-order valence-electron chi connectivity index (χ2n) is 4.33. The van der Waals surface area contributed by atoms with Crippen LogP contribution in [0.5, 0.6) is 0 Å². The number of hydrogen-bond acceptors (Lipinski definition) is 4. The molecule has 0 radical (unpaired) electrons. The minimum Gasteiger partial charge on any atom is -0.351 e. The van der Waals surface area contributed by atoms with E-state index in [0.29, 0.717) is 19.4 Å². The maximum atomic E-state index is 11.6. The van der Waals surface area contributed by atoms with Gasteiger partial charge in [0.25, 0.3) is 0 Å². The van der Waals surface area contributed by atoms with Gasteiger partial charge < -0.3 is 5.32 Å². The molecule has 0 aromatic carbocycles. The average molecular weight is 273 g/mol. The van der Waals surface area contributed by atoms with Crippen LogP contribution in [0, 0.1) is 5.92 Å². The number of sulfone groups is 1. The zero-order valence-electron chi connectivity index (χ0n) is 9.39. The largest absolute Gasteiger partial charge is 0.351 e. The number of carbonyl (C=O) groups excluding carboxylic acids is 1. The van der Waals surface area contributed by atoms with Crippen LogP contribution in [0.25, 0.3) is 0 Å². The van der Waals surface area contributed by atoms with E-state index in [1.807, 2.05) is 17.5 Å². The van der Waals surface area contributed by atoms with Crippen LogP contribution in [0.2, 0.25) is 0 Å². The third-order valence-corrected chi connectivity index (χ3v) is 5.55. The summed E-state index contributed by atoms with van der Waals surface area (Å²) in [6.45, 7) is 0.538. The van der Waals surface area contributed by atoms with Crippen LogP contribution in [-0.4, -0.2) is 25.8 Å². The Kier molecular flexibility index (Phi) is 3.83. The van der Waals surface area contributed by atoms with E-state index in [0.717, 1.165) is 4.88 Å². The van der Waals surface area contributed by atoms with Gasteiger partial charge >= 0.3 is 0 Å². The smallest absolute Gasteiger partial charge is 0.220 e. The highest BCUT2D eigenvalue weighted by atomic mass is 32.2. The van der Waals surface area contributed by atoms with Crippen LogP contribution in [0.1, 0.15) is 17.7 Å². The Labute approximate surface area is 105 Å². The first-order chi connectivity index (χ1) is 8.05. The van der Waals surface area contributed by atoms with E-state index in [-0.39, 0.29) is 23.3 Å². The van der Waals surface area contributed by atoms with Gasteiger partial charge in [0.1, 0.15) is 0 Å². The van der Waals surface area contributed by atoms with E-state index in [1.165, 1.54) is 0 Å². The molecule has 1 fully saturated rings. The molecule has 1 aliphatic rings. The molecule has 1 amide bonds. The van der Waals surface area contributed by atoms with Crippen molar-refractivity contribution in [3.8, 4) is 0 Å². The molecular weight excluding hydrogens is 258 g/mol. The molecule has 0 aliphatic carbocycles. The minimum atomic E-state index is -2.88. The van der Waals surface area contributed by atoms with Gasteiger partial charge in [0, 0.05) is 11.3 Å². The number of thiophene rings is 1. The molecule has 1 unspecified atom stereocenters. The number of nitrogens with one attached hydrogen (secondary N) is 1. The van der Waals surface area contributed by atoms with Crippen molar-refractivity contribution in [3.05, 3.63) is 22.4 Å². The van der Waals surface area contributed by atoms with Gasteiger partial charge in [0.2, 0.25) is 5.91 Å². The zero-order valence-corrected chi connectivity index (χ0v) is 11.0. The van der Waals surface area contributed by atoms with Crippen LogP contribution in [0.4, 0.5) is 0 Å². The molecule has 1 N–H and O–H groups in total. The second kappa shape index (κ2) is 5.18. The zero-order chi connectivity index (χ0) is 12.3. The first-order valence-electron chi connectivity index (χ1n) is 5.55. The Morgan fingerprint density at radius 1 is 1.53 bits per heavy atom. The summed E-state index contributed by atoms with van der Waals surface area (Å²) in [7, 11) is -2.88. The molecule has 1 saturated heterocycles. The van der Waals surface area contributed by atoms with Crippen molar-refractivity contribution in [2.75, 3.05) is 11.5 Å². The van der Waals surface area contributed by atoms with Crippen LogP contribution in [0.15, 0.2) is 17.5 Å². The van der Waals surface area contributed by atoms with Gasteiger partial charge in [-0.3, -0.25) is 4.79 Å². The lowest BCUT2D eigenvalue weighted by Gasteiger charge is -2.07. The molecule has 0 spiro atoms. The van der Waals surface area contributed by atoms with E-state index in [9.17, 15) is 13.2 Å². The summed E-state index contributed by atoms with van der Waals surface area (Å²) in [5.41, 5.74) is 0. The Bertz CT molecular complexity index is 479. The van der Waals surface area contributed by atoms with Crippen molar-refractivity contribution in [2.45, 2.75) is 19.4 Å². The van der Waals surface area contributed by atoms with Gasteiger partial charge in [-0.25, -0.2) is 8.42 Å². The van der Waals surface area contributed by atoms with Crippen molar-refractivity contribution in [1.82, 2.24) is 5.32 Å². The summed E-state index contributed by atoms with van der Waals surface area (Å²) < 4.78 is 22.5. The Morgan fingerprint density at radius 3 is 2.94 bits per heavy atom. The van der Waals surface area contributed by atoms with E-state index < -0.39 is 9.84 Å². The molecule has 0 bridgehead atoms. The molecule has 2 heterocycles. The van der Waals surface area contributed by atoms with Crippen molar-refractivity contribution in [1.29, 1.82) is 0 Å². The molecule has 1 aromatic heterocycles. The van der Waals surface area contributed by atoms with Crippen molar-refractivity contribution >= 4 is 27.1 Å². The van der Waals surface area contributed by atoms with Gasteiger partial charge in [-0.1, -0.05) is 6.07 Å². The fraction of sp³-hybridized carbons (Fsp3) is 0.545. The van der Waals surface area contributed by atoms with Crippen LogP contribution >= 0.6 is 11.3 Å². The molecule has 94 valence electrons. The van der Waals surface area contributed by atoms with Gasteiger partial charge in [0.15, 0.2) is 9.84 Å². The van der Waals surface area contributed by atoms with Crippen LogP contribution in [0.3, 0.4) is 0 Å². The van der Waals surface area contributed by atoms with E-state index in [1.54, 1.807) is 11.3 Å². The molecule has 1 atom stereocenters. The highest BCUT2D eigenvalue weighted by Crippen LogP contribution is 2.21. The highest BCUT2D eigenvalue weighted by molar-refractivity contribution is 7.91. The first-order valence-corrected chi connectivity index (χ1v) is 8.25. The maximum Gasteiger partial charge on any atom is 0.220 e. The van der Waals surface area contributed by atoms with E-state index in [2.05, 4.69) is 5.32 Å². The fourth-order valence-corrected chi connectivity index (χ4v) is 4.47.